The predicted molar refractivity (Wildman–Crippen MR) is 96.0 cm³/mol. The summed E-state index contributed by atoms with van der Waals surface area (Å²) in [6.07, 6.45) is 1.18. The van der Waals surface area contributed by atoms with Crippen LogP contribution in [0.5, 0.6) is 0 Å². The van der Waals surface area contributed by atoms with Crippen LogP contribution in [0.4, 0.5) is 4.79 Å². The van der Waals surface area contributed by atoms with E-state index in [1.165, 1.54) is 12.3 Å². The number of carbonyl (C=O) groups excluding carboxylic acids is 1. The van der Waals surface area contributed by atoms with Crippen LogP contribution < -0.4 is 0 Å². The van der Waals surface area contributed by atoms with Gasteiger partial charge in [0.1, 0.15) is 5.69 Å². The Bertz CT molecular complexity index is 753. The van der Waals surface area contributed by atoms with Gasteiger partial charge in [0.15, 0.2) is 6.29 Å². The van der Waals surface area contributed by atoms with Gasteiger partial charge in [-0.2, -0.15) is 9.78 Å². The van der Waals surface area contributed by atoms with Crippen LogP contribution in [0.3, 0.4) is 0 Å². The molecule has 2 N–H and O–H groups in total. The zero-order chi connectivity index (χ0) is 18.7. The van der Waals surface area contributed by atoms with Crippen molar-refractivity contribution in [2.75, 3.05) is 13.1 Å². The summed E-state index contributed by atoms with van der Waals surface area (Å²) in [5.74, 6) is 0. The first-order chi connectivity index (χ1) is 12.4. The fraction of sp³-hybridized carbons (Fsp3) is 0.412. The quantitative estimate of drug-likeness (QED) is 0.771. The molecule has 26 heavy (non-hydrogen) atoms. The van der Waals surface area contributed by atoms with E-state index < -0.39 is 6.29 Å². The van der Waals surface area contributed by atoms with E-state index in [1.807, 2.05) is 12.1 Å². The molecule has 1 aliphatic heterocycles. The van der Waals surface area contributed by atoms with Gasteiger partial charge in [-0.3, -0.25) is 0 Å². The summed E-state index contributed by atoms with van der Waals surface area (Å²) in [4.78, 5) is 14.1. The fourth-order valence-electron chi connectivity index (χ4n) is 2.85. The minimum absolute atomic E-state index is 0.0387. The zero-order valence-electron chi connectivity index (χ0n) is 13.9. The van der Waals surface area contributed by atoms with Crippen LogP contribution in [-0.4, -0.2) is 50.1 Å². The molecule has 2 aromatic rings. The second kappa shape index (κ2) is 8.37. The highest BCUT2D eigenvalue weighted by atomic mass is 35.5. The number of piperidine rings is 1. The van der Waals surface area contributed by atoms with E-state index in [2.05, 4.69) is 5.10 Å². The monoisotopic (exact) mass is 399 g/mol. The van der Waals surface area contributed by atoms with Crippen LogP contribution in [-0.2, 0) is 11.3 Å². The third-order valence-electron chi connectivity index (χ3n) is 4.19. The van der Waals surface area contributed by atoms with E-state index in [9.17, 15) is 4.79 Å². The summed E-state index contributed by atoms with van der Waals surface area (Å²) in [5.41, 5.74) is 0.949. The molecule has 1 aromatic carbocycles. The van der Waals surface area contributed by atoms with E-state index in [0.717, 1.165) is 10.2 Å². The first-order valence-corrected chi connectivity index (χ1v) is 8.95. The van der Waals surface area contributed by atoms with Crippen molar-refractivity contribution in [3.63, 3.8) is 0 Å². The maximum Gasteiger partial charge on any atom is 0.344 e. The molecule has 1 fully saturated rings. The largest absolute Gasteiger partial charge is 0.373 e. The van der Waals surface area contributed by atoms with Crippen molar-refractivity contribution in [1.29, 1.82) is 0 Å². The van der Waals surface area contributed by atoms with Crippen molar-refractivity contribution in [2.24, 2.45) is 0 Å². The lowest BCUT2D eigenvalue weighted by Crippen LogP contribution is -2.43. The smallest absolute Gasteiger partial charge is 0.344 e. The number of likely N-dealkylation sites (tertiary alicyclic amines) is 1. The second-order valence-corrected chi connectivity index (χ2v) is 6.99. The summed E-state index contributed by atoms with van der Waals surface area (Å²) in [6.45, 7) is 1.49. The lowest BCUT2D eigenvalue weighted by molar-refractivity contribution is -0.0460. The molecule has 0 unspecified atom stereocenters. The number of hydrogen-bond acceptors (Lipinski definition) is 5. The highest BCUT2D eigenvalue weighted by molar-refractivity contribution is 6.34. The van der Waals surface area contributed by atoms with E-state index in [1.54, 1.807) is 11.0 Å². The molecule has 0 aliphatic carbocycles. The Balaban J connectivity index is 1.49. The highest BCUT2D eigenvalue weighted by Gasteiger charge is 2.25. The summed E-state index contributed by atoms with van der Waals surface area (Å²) < 4.78 is 7.02. The van der Waals surface area contributed by atoms with Crippen molar-refractivity contribution in [3.05, 3.63) is 51.8 Å². The van der Waals surface area contributed by atoms with Crippen molar-refractivity contribution in [2.45, 2.75) is 31.8 Å². The molecule has 1 saturated heterocycles. The number of rotatable bonds is 4. The van der Waals surface area contributed by atoms with Crippen LogP contribution in [0.1, 0.15) is 30.4 Å². The van der Waals surface area contributed by atoms with Crippen LogP contribution >= 0.6 is 23.2 Å². The number of hydrogen-bond donors (Lipinski definition) is 2. The van der Waals surface area contributed by atoms with E-state index in [0.29, 0.717) is 42.6 Å². The van der Waals surface area contributed by atoms with Gasteiger partial charge in [0.25, 0.3) is 0 Å². The number of halogens is 2. The first-order valence-electron chi connectivity index (χ1n) is 8.20. The molecule has 140 valence electrons. The molecule has 1 aromatic heterocycles. The van der Waals surface area contributed by atoms with Crippen LogP contribution in [0, 0.1) is 0 Å². The van der Waals surface area contributed by atoms with Crippen molar-refractivity contribution in [3.8, 4) is 0 Å². The van der Waals surface area contributed by atoms with E-state index >= 15 is 0 Å². The molecule has 0 spiro atoms. The minimum Gasteiger partial charge on any atom is -0.373 e. The molecule has 0 atom stereocenters. The Morgan fingerprint density at radius 1 is 1.23 bits per heavy atom. The number of amides is 1. The summed E-state index contributed by atoms with van der Waals surface area (Å²) in [7, 11) is 0. The molecule has 0 saturated carbocycles. The summed E-state index contributed by atoms with van der Waals surface area (Å²) >= 11 is 12.0. The second-order valence-electron chi connectivity index (χ2n) is 6.12. The van der Waals surface area contributed by atoms with Gasteiger partial charge >= 0.3 is 6.03 Å². The highest BCUT2D eigenvalue weighted by Crippen LogP contribution is 2.22. The predicted octanol–water partition coefficient (Wildman–Crippen LogP) is 2.82. The molecule has 9 heteroatoms. The summed E-state index contributed by atoms with van der Waals surface area (Å²) in [6, 6.07) is 6.41. The van der Waals surface area contributed by atoms with Gasteiger partial charge in [0, 0.05) is 29.3 Å². The molecule has 3 rings (SSSR count). The van der Waals surface area contributed by atoms with Gasteiger partial charge in [0.05, 0.1) is 12.7 Å². The Morgan fingerprint density at radius 2 is 1.88 bits per heavy atom. The minimum atomic E-state index is -1.69. The maximum absolute atomic E-state index is 12.4. The average Bonchev–Trinajstić information content (AvgIpc) is 3.09. The molecular formula is C17H19Cl2N3O4. The molecular weight excluding hydrogens is 381 g/mol. The molecule has 1 amide bonds. The number of aliphatic hydroxyl groups is 2. The van der Waals surface area contributed by atoms with Gasteiger partial charge in [-0.05, 0) is 42.7 Å². The third kappa shape index (κ3) is 4.75. The third-order valence-corrected chi connectivity index (χ3v) is 4.63. The van der Waals surface area contributed by atoms with Gasteiger partial charge in [-0.25, -0.2) is 4.79 Å². The van der Waals surface area contributed by atoms with Gasteiger partial charge in [-0.1, -0.05) is 23.2 Å². The lowest BCUT2D eigenvalue weighted by Gasteiger charge is -2.31. The Kier molecular flexibility index (Phi) is 6.16. The Labute approximate surface area is 160 Å². The van der Waals surface area contributed by atoms with Crippen LogP contribution in [0.2, 0.25) is 10.0 Å². The molecule has 2 heterocycles. The van der Waals surface area contributed by atoms with E-state index in [-0.39, 0.29) is 17.8 Å². The number of aliphatic hydroxyl groups excluding tert-OH is 1. The molecule has 1 aliphatic rings. The Hall–Kier alpha value is -1.64. The fourth-order valence-corrected chi connectivity index (χ4v) is 3.42. The Morgan fingerprint density at radius 3 is 2.46 bits per heavy atom. The van der Waals surface area contributed by atoms with Crippen molar-refractivity contribution >= 4 is 29.2 Å². The van der Waals surface area contributed by atoms with Crippen molar-refractivity contribution in [1.82, 2.24) is 14.7 Å². The van der Waals surface area contributed by atoms with Crippen LogP contribution in [0.15, 0.2) is 30.5 Å². The van der Waals surface area contributed by atoms with Gasteiger partial charge in [-0.15, -0.1) is 0 Å². The molecule has 0 radical (unpaired) electrons. The molecule has 7 nitrogen and oxygen atoms in total. The number of aromatic nitrogens is 2. The lowest BCUT2D eigenvalue weighted by atomic mass is 10.1. The van der Waals surface area contributed by atoms with Crippen LogP contribution in [0.25, 0.3) is 0 Å². The number of nitrogens with zero attached hydrogens (tertiary/aromatic N) is 3. The first kappa shape index (κ1) is 19.1. The SMILES string of the molecule is O=C(N1CCC(OCc2cc(Cl)cc(Cl)c2)CC1)n1ccc(C(O)O)n1. The standard InChI is InChI=1S/C17H19Cl2N3O4/c18-12-7-11(8-13(19)9-12)10-26-14-1-4-21(5-2-14)17(25)22-6-3-15(20-22)16(23)24/h3,6-9,14,16,23-24H,1-2,4-5,10H2. The topological polar surface area (TPSA) is 87.8 Å². The van der Waals surface area contributed by atoms with Gasteiger partial charge in [0.2, 0.25) is 0 Å². The average molecular weight is 400 g/mol. The number of ether oxygens (including phenoxy) is 1. The number of carbonyl (C=O) groups is 1. The maximum atomic E-state index is 12.4. The number of benzene rings is 1. The summed E-state index contributed by atoms with van der Waals surface area (Å²) in [5, 5.41) is 23.2. The normalized spacial score (nSPS) is 15.7. The molecule has 0 bridgehead atoms. The van der Waals surface area contributed by atoms with E-state index in [4.69, 9.17) is 38.2 Å². The zero-order valence-corrected chi connectivity index (χ0v) is 15.4. The van der Waals surface area contributed by atoms with Crippen molar-refractivity contribution < 1.29 is 19.7 Å². The van der Waals surface area contributed by atoms with Gasteiger partial charge < -0.3 is 19.8 Å².